The van der Waals surface area contributed by atoms with Gasteiger partial charge in [-0.3, -0.25) is 0 Å². The molecule has 0 amide bonds. The van der Waals surface area contributed by atoms with Gasteiger partial charge in [0.05, 0.1) is 0 Å². The van der Waals surface area contributed by atoms with Crippen molar-refractivity contribution in [1.82, 2.24) is 25.0 Å². The minimum atomic E-state index is -3.56. The van der Waals surface area contributed by atoms with Gasteiger partial charge in [-0.25, -0.2) is 17.8 Å². The molecule has 0 aromatic carbocycles. The Bertz CT molecular complexity index is 439. The smallest absolute Gasteiger partial charge is 0.260 e. The third-order valence-electron chi connectivity index (χ3n) is 2.01. The zero-order valence-corrected chi connectivity index (χ0v) is 12.2. The third-order valence-corrected chi connectivity index (χ3v) is 4.36. The molecule has 2 N–H and O–H groups in total. The monoisotopic (exact) mass is 325 g/mol. The Kier molecular flexibility index (Phi) is 5.50. The molecular formula is C8H16BrN5O2S. The molecule has 0 bridgehead atoms. The predicted octanol–water partition coefficient (Wildman–Crippen LogP) is -0.144. The molecule has 0 aliphatic heterocycles. The van der Waals surface area contributed by atoms with Crippen LogP contribution in [-0.4, -0.2) is 43.0 Å². The lowest BCUT2D eigenvalue weighted by atomic mass is 10.5. The highest BCUT2D eigenvalue weighted by molar-refractivity contribution is 9.10. The largest absolute Gasteiger partial charge is 0.315 e. The van der Waals surface area contributed by atoms with Gasteiger partial charge < -0.3 is 5.32 Å². The standard InChI is InChI=1S/C8H16BrN5O2S/c1-3-4-10-5-6-11-17(15,16)8-7(9)12-13-14(8)2/h10-11H,3-6H2,1-2H3. The minimum absolute atomic E-state index is 0.0352. The van der Waals surface area contributed by atoms with Crippen molar-refractivity contribution in [2.45, 2.75) is 18.4 Å². The number of sulfonamides is 1. The van der Waals surface area contributed by atoms with Gasteiger partial charge in [0.2, 0.25) is 5.03 Å². The summed E-state index contributed by atoms with van der Waals surface area (Å²) >= 11 is 3.06. The van der Waals surface area contributed by atoms with Gasteiger partial charge in [0.25, 0.3) is 10.0 Å². The van der Waals surface area contributed by atoms with Crippen LogP contribution in [0.1, 0.15) is 13.3 Å². The topological polar surface area (TPSA) is 88.9 Å². The Morgan fingerprint density at radius 3 is 2.59 bits per heavy atom. The number of nitrogens with zero attached hydrogens (tertiary/aromatic N) is 3. The summed E-state index contributed by atoms with van der Waals surface area (Å²) in [6, 6.07) is 0. The van der Waals surface area contributed by atoms with Gasteiger partial charge in [0.15, 0.2) is 4.60 Å². The van der Waals surface area contributed by atoms with Gasteiger partial charge in [-0.15, -0.1) is 5.10 Å². The molecule has 17 heavy (non-hydrogen) atoms. The van der Waals surface area contributed by atoms with Gasteiger partial charge in [0.1, 0.15) is 0 Å². The molecule has 0 aliphatic rings. The predicted molar refractivity (Wildman–Crippen MR) is 67.1 cm³/mol. The summed E-state index contributed by atoms with van der Waals surface area (Å²) in [5, 5.41) is 10.4. The fourth-order valence-corrected chi connectivity index (χ4v) is 3.37. The molecule has 1 aromatic heterocycles. The van der Waals surface area contributed by atoms with Gasteiger partial charge in [-0.2, -0.15) is 0 Å². The number of hydrogen-bond donors (Lipinski definition) is 2. The van der Waals surface area contributed by atoms with Crippen LogP contribution in [0.4, 0.5) is 0 Å². The van der Waals surface area contributed by atoms with Gasteiger partial charge >= 0.3 is 0 Å². The molecule has 0 saturated heterocycles. The summed E-state index contributed by atoms with van der Waals surface area (Å²) in [6.07, 6.45) is 1.02. The molecule has 0 unspecified atom stereocenters. The first-order valence-electron chi connectivity index (χ1n) is 5.24. The SMILES string of the molecule is CCCNCCNS(=O)(=O)c1c(Br)nnn1C. The quantitative estimate of drug-likeness (QED) is 0.681. The first-order chi connectivity index (χ1) is 7.99. The average Bonchev–Trinajstić information content (AvgIpc) is 2.58. The fraction of sp³-hybridized carbons (Fsp3) is 0.750. The number of halogens is 1. The molecule has 0 saturated carbocycles. The van der Waals surface area contributed by atoms with E-state index in [0.29, 0.717) is 13.1 Å². The summed E-state index contributed by atoms with van der Waals surface area (Å²) in [5.74, 6) is 0. The molecule has 0 spiro atoms. The lowest BCUT2D eigenvalue weighted by molar-refractivity contribution is 0.556. The average molecular weight is 326 g/mol. The van der Waals surface area contributed by atoms with Crippen molar-refractivity contribution in [1.29, 1.82) is 0 Å². The maximum atomic E-state index is 11.9. The van der Waals surface area contributed by atoms with E-state index in [0.717, 1.165) is 13.0 Å². The van der Waals surface area contributed by atoms with Crippen molar-refractivity contribution in [3.63, 3.8) is 0 Å². The molecule has 0 radical (unpaired) electrons. The summed E-state index contributed by atoms with van der Waals surface area (Å²) < 4.78 is 27.7. The second-order valence-electron chi connectivity index (χ2n) is 3.46. The van der Waals surface area contributed by atoms with Crippen LogP contribution in [0.5, 0.6) is 0 Å². The van der Waals surface area contributed by atoms with E-state index in [-0.39, 0.29) is 9.63 Å². The van der Waals surface area contributed by atoms with Crippen LogP contribution in [0.2, 0.25) is 0 Å². The van der Waals surface area contributed by atoms with E-state index in [1.165, 1.54) is 11.7 Å². The van der Waals surface area contributed by atoms with E-state index >= 15 is 0 Å². The number of nitrogens with one attached hydrogen (secondary N) is 2. The van der Waals surface area contributed by atoms with E-state index in [1.807, 2.05) is 0 Å². The number of hydrogen-bond acceptors (Lipinski definition) is 5. The molecular weight excluding hydrogens is 310 g/mol. The van der Waals surface area contributed by atoms with E-state index in [1.54, 1.807) is 0 Å². The maximum Gasteiger partial charge on any atom is 0.260 e. The van der Waals surface area contributed by atoms with Crippen LogP contribution in [-0.2, 0) is 17.1 Å². The zero-order valence-electron chi connectivity index (χ0n) is 9.77. The molecule has 0 fully saturated rings. The van der Waals surface area contributed by atoms with E-state index in [9.17, 15) is 8.42 Å². The molecule has 98 valence electrons. The Balaban J connectivity index is 2.58. The van der Waals surface area contributed by atoms with Crippen molar-refractivity contribution >= 4 is 26.0 Å². The second kappa shape index (κ2) is 6.43. The van der Waals surface area contributed by atoms with Crippen molar-refractivity contribution in [3.8, 4) is 0 Å². The molecule has 0 aliphatic carbocycles. The highest BCUT2D eigenvalue weighted by Gasteiger charge is 2.22. The molecule has 7 nitrogen and oxygen atoms in total. The van der Waals surface area contributed by atoms with Crippen LogP contribution >= 0.6 is 15.9 Å². The molecule has 1 heterocycles. The van der Waals surface area contributed by atoms with Crippen LogP contribution < -0.4 is 10.0 Å². The molecule has 1 aromatic rings. The van der Waals surface area contributed by atoms with Crippen molar-refractivity contribution in [2.75, 3.05) is 19.6 Å². The summed E-state index contributed by atoms with van der Waals surface area (Å²) in [5.41, 5.74) is 0. The summed E-state index contributed by atoms with van der Waals surface area (Å²) in [4.78, 5) is 0. The van der Waals surface area contributed by atoms with Crippen LogP contribution in [0.25, 0.3) is 0 Å². The first kappa shape index (κ1) is 14.6. The fourth-order valence-electron chi connectivity index (χ4n) is 1.25. The highest BCUT2D eigenvalue weighted by Crippen LogP contribution is 2.16. The van der Waals surface area contributed by atoms with Crippen molar-refractivity contribution < 1.29 is 8.42 Å². The van der Waals surface area contributed by atoms with Gasteiger partial charge in [0, 0.05) is 20.1 Å². The first-order valence-corrected chi connectivity index (χ1v) is 7.52. The highest BCUT2D eigenvalue weighted by atomic mass is 79.9. The van der Waals surface area contributed by atoms with E-state index in [4.69, 9.17) is 0 Å². The Hall–Kier alpha value is -0.510. The molecule has 9 heteroatoms. The molecule has 1 rings (SSSR count). The number of aryl methyl sites for hydroxylation is 1. The summed E-state index contributed by atoms with van der Waals surface area (Å²) in [6.45, 7) is 3.85. The maximum absolute atomic E-state index is 11.9. The van der Waals surface area contributed by atoms with E-state index < -0.39 is 10.0 Å². The molecule has 0 atom stereocenters. The third kappa shape index (κ3) is 4.02. The zero-order chi connectivity index (χ0) is 12.9. The van der Waals surface area contributed by atoms with Crippen LogP contribution in [0.3, 0.4) is 0 Å². The van der Waals surface area contributed by atoms with Gasteiger partial charge in [-0.05, 0) is 28.9 Å². The Labute approximate surface area is 109 Å². The minimum Gasteiger partial charge on any atom is -0.315 e. The summed E-state index contributed by atoms with van der Waals surface area (Å²) in [7, 11) is -2.03. The number of aromatic nitrogens is 3. The van der Waals surface area contributed by atoms with Crippen LogP contribution in [0, 0.1) is 0 Å². The van der Waals surface area contributed by atoms with E-state index in [2.05, 4.69) is 43.2 Å². The van der Waals surface area contributed by atoms with Crippen LogP contribution in [0.15, 0.2) is 9.63 Å². The second-order valence-corrected chi connectivity index (χ2v) is 5.89. The number of rotatable bonds is 7. The van der Waals surface area contributed by atoms with Crippen molar-refractivity contribution in [3.05, 3.63) is 4.60 Å². The normalized spacial score (nSPS) is 11.9. The van der Waals surface area contributed by atoms with Gasteiger partial charge in [-0.1, -0.05) is 12.1 Å². The van der Waals surface area contributed by atoms with Crippen molar-refractivity contribution in [2.24, 2.45) is 7.05 Å². The Morgan fingerprint density at radius 2 is 2.06 bits per heavy atom. The lowest BCUT2D eigenvalue weighted by Crippen LogP contribution is -2.33. The Morgan fingerprint density at radius 1 is 1.35 bits per heavy atom. The lowest BCUT2D eigenvalue weighted by Gasteiger charge is -2.07.